The summed E-state index contributed by atoms with van der Waals surface area (Å²) < 4.78 is 5.20. The van der Waals surface area contributed by atoms with Crippen molar-refractivity contribution < 1.29 is 9.53 Å². The Labute approximate surface area is 145 Å². The van der Waals surface area contributed by atoms with E-state index in [4.69, 9.17) is 4.74 Å². The molecule has 2 fully saturated rings. The van der Waals surface area contributed by atoms with Gasteiger partial charge in [-0.2, -0.15) is 0 Å². The lowest BCUT2D eigenvalue weighted by molar-refractivity contribution is -0.123. The van der Waals surface area contributed by atoms with Crippen LogP contribution in [0.5, 0.6) is 5.75 Å². The van der Waals surface area contributed by atoms with E-state index < -0.39 is 0 Å². The maximum absolute atomic E-state index is 12.6. The lowest BCUT2D eigenvalue weighted by Gasteiger charge is -2.46. The van der Waals surface area contributed by atoms with Crippen LogP contribution in [0.4, 0.5) is 0 Å². The molecule has 0 aromatic heterocycles. The van der Waals surface area contributed by atoms with Gasteiger partial charge < -0.3 is 15.4 Å². The van der Waals surface area contributed by atoms with Crippen LogP contribution in [0.2, 0.25) is 0 Å². The van der Waals surface area contributed by atoms with Crippen LogP contribution in [0, 0.1) is 5.92 Å². The number of hydrogen-bond donors (Lipinski definition) is 2. The fourth-order valence-electron chi connectivity index (χ4n) is 4.44. The van der Waals surface area contributed by atoms with Crippen molar-refractivity contribution >= 4 is 5.91 Å². The molecule has 0 bridgehead atoms. The number of carbonyl (C=O) groups excluding carboxylic acids is 1. The largest absolute Gasteiger partial charge is 0.497 e. The third kappa shape index (κ3) is 3.92. The molecule has 3 rings (SSSR count). The van der Waals surface area contributed by atoms with E-state index in [1.807, 2.05) is 12.1 Å². The van der Waals surface area contributed by atoms with Crippen molar-refractivity contribution in [3.63, 3.8) is 0 Å². The molecule has 1 saturated heterocycles. The second-order valence-corrected chi connectivity index (χ2v) is 8.73. The minimum absolute atomic E-state index is 0.0542. The normalized spacial score (nSPS) is 28.2. The van der Waals surface area contributed by atoms with Crippen LogP contribution in [-0.2, 0) is 4.79 Å². The lowest BCUT2D eigenvalue weighted by atomic mass is 9.79. The first kappa shape index (κ1) is 17.3. The fourth-order valence-corrected chi connectivity index (χ4v) is 4.44. The van der Waals surface area contributed by atoms with E-state index in [1.54, 1.807) is 7.11 Å². The fraction of sp³-hybridized carbons (Fsp3) is 0.650. The molecule has 2 aliphatic rings. The topological polar surface area (TPSA) is 50.4 Å². The van der Waals surface area contributed by atoms with Crippen molar-refractivity contribution in [3.8, 4) is 5.75 Å². The molecule has 1 aliphatic heterocycles. The number of carbonyl (C=O) groups is 1. The molecule has 4 heteroatoms. The van der Waals surface area contributed by atoms with Crippen molar-refractivity contribution in [1.82, 2.24) is 10.6 Å². The molecule has 1 aromatic rings. The molecule has 4 nitrogen and oxygen atoms in total. The van der Waals surface area contributed by atoms with Gasteiger partial charge in [-0.3, -0.25) is 4.79 Å². The van der Waals surface area contributed by atoms with Gasteiger partial charge in [0.25, 0.3) is 0 Å². The Balaban J connectivity index is 1.58. The number of hydrogen-bond acceptors (Lipinski definition) is 3. The number of amides is 1. The lowest BCUT2D eigenvalue weighted by Crippen LogP contribution is -2.62. The zero-order valence-corrected chi connectivity index (χ0v) is 15.5. The van der Waals surface area contributed by atoms with Crippen LogP contribution in [0.15, 0.2) is 24.3 Å². The average molecular weight is 330 g/mol. The first-order chi connectivity index (χ1) is 11.2. The van der Waals surface area contributed by atoms with E-state index in [-0.39, 0.29) is 28.9 Å². The monoisotopic (exact) mass is 330 g/mol. The Morgan fingerprint density at radius 3 is 2.25 bits per heavy atom. The SMILES string of the molecule is COc1ccc(C2CC2C(=O)NC2CC(C)(C)NC(C)(C)C2)cc1. The van der Waals surface area contributed by atoms with Crippen LogP contribution in [0.3, 0.4) is 0 Å². The summed E-state index contributed by atoms with van der Waals surface area (Å²) in [5.74, 6) is 1.56. The summed E-state index contributed by atoms with van der Waals surface area (Å²) in [7, 11) is 1.67. The summed E-state index contributed by atoms with van der Waals surface area (Å²) in [4.78, 5) is 12.6. The first-order valence-electron chi connectivity index (χ1n) is 8.93. The molecule has 1 amide bonds. The van der Waals surface area contributed by atoms with Crippen molar-refractivity contribution in [1.29, 1.82) is 0 Å². The first-order valence-corrected chi connectivity index (χ1v) is 8.93. The summed E-state index contributed by atoms with van der Waals surface area (Å²) in [5, 5.41) is 6.97. The highest BCUT2D eigenvalue weighted by Crippen LogP contribution is 2.48. The minimum Gasteiger partial charge on any atom is -0.497 e. The molecule has 1 aliphatic carbocycles. The molecule has 24 heavy (non-hydrogen) atoms. The zero-order chi connectivity index (χ0) is 17.5. The Morgan fingerprint density at radius 2 is 1.71 bits per heavy atom. The van der Waals surface area contributed by atoms with Gasteiger partial charge in [-0.25, -0.2) is 0 Å². The second-order valence-electron chi connectivity index (χ2n) is 8.73. The summed E-state index contributed by atoms with van der Waals surface area (Å²) in [6.07, 6.45) is 2.90. The van der Waals surface area contributed by atoms with Gasteiger partial charge in [0, 0.05) is 23.0 Å². The molecule has 1 aromatic carbocycles. The predicted octanol–water partition coefficient (Wildman–Crippen LogP) is 3.22. The van der Waals surface area contributed by atoms with E-state index in [0.717, 1.165) is 25.0 Å². The molecule has 0 radical (unpaired) electrons. The summed E-state index contributed by atoms with van der Waals surface area (Å²) >= 11 is 0. The highest BCUT2D eigenvalue weighted by Gasteiger charge is 2.46. The Bertz CT molecular complexity index is 591. The maximum atomic E-state index is 12.6. The number of benzene rings is 1. The number of ether oxygens (including phenoxy) is 1. The third-order valence-electron chi connectivity index (χ3n) is 5.21. The van der Waals surface area contributed by atoms with E-state index >= 15 is 0 Å². The molecule has 0 spiro atoms. The van der Waals surface area contributed by atoms with Gasteiger partial charge in [0.15, 0.2) is 0 Å². The van der Waals surface area contributed by atoms with Crippen molar-refractivity contribution in [2.45, 2.75) is 70.0 Å². The van der Waals surface area contributed by atoms with Gasteiger partial charge in [-0.15, -0.1) is 0 Å². The Morgan fingerprint density at radius 1 is 1.12 bits per heavy atom. The minimum atomic E-state index is 0.0542. The number of rotatable bonds is 4. The van der Waals surface area contributed by atoms with E-state index in [1.165, 1.54) is 5.56 Å². The Hall–Kier alpha value is -1.55. The van der Waals surface area contributed by atoms with Gasteiger partial charge in [0.05, 0.1) is 7.11 Å². The number of piperidine rings is 1. The number of methoxy groups -OCH3 is 1. The summed E-state index contributed by atoms with van der Waals surface area (Å²) in [6, 6.07) is 8.35. The zero-order valence-electron chi connectivity index (χ0n) is 15.5. The molecule has 2 atom stereocenters. The van der Waals surface area contributed by atoms with Crippen LogP contribution in [0.1, 0.15) is 58.4 Å². The van der Waals surface area contributed by atoms with Crippen LogP contribution >= 0.6 is 0 Å². The van der Waals surface area contributed by atoms with E-state index in [2.05, 4.69) is 50.5 Å². The maximum Gasteiger partial charge on any atom is 0.223 e. The van der Waals surface area contributed by atoms with Gasteiger partial charge in [-0.1, -0.05) is 12.1 Å². The highest BCUT2D eigenvalue weighted by molar-refractivity contribution is 5.83. The molecule has 2 unspecified atom stereocenters. The molecular formula is C20H30N2O2. The van der Waals surface area contributed by atoms with Crippen molar-refractivity contribution in [3.05, 3.63) is 29.8 Å². The smallest absolute Gasteiger partial charge is 0.223 e. The average Bonchev–Trinajstić information content (AvgIpc) is 3.24. The van der Waals surface area contributed by atoms with Crippen LogP contribution in [-0.4, -0.2) is 30.1 Å². The molecule has 1 saturated carbocycles. The summed E-state index contributed by atoms with van der Waals surface area (Å²) in [5.41, 5.74) is 1.35. The van der Waals surface area contributed by atoms with Crippen LogP contribution in [0.25, 0.3) is 0 Å². The second kappa shape index (κ2) is 6.07. The molecule has 132 valence electrons. The third-order valence-corrected chi connectivity index (χ3v) is 5.21. The van der Waals surface area contributed by atoms with E-state index in [9.17, 15) is 4.79 Å². The quantitative estimate of drug-likeness (QED) is 0.891. The van der Waals surface area contributed by atoms with Crippen LogP contribution < -0.4 is 15.4 Å². The van der Waals surface area contributed by atoms with E-state index in [0.29, 0.717) is 5.92 Å². The number of nitrogens with one attached hydrogen (secondary N) is 2. The predicted molar refractivity (Wildman–Crippen MR) is 96.3 cm³/mol. The standard InChI is InChI=1S/C20H30N2O2/c1-19(2)11-14(12-20(3,4)22-19)21-18(23)17-10-16(17)13-6-8-15(24-5)9-7-13/h6-9,14,16-17,22H,10-12H2,1-5H3,(H,21,23). The molecular weight excluding hydrogens is 300 g/mol. The van der Waals surface area contributed by atoms with Gasteiger partial charge >= 0.3 is 0 Å². The highest BCUT2D eigenvalue weighted by atomic mass is 16.5. The van der Waals surface area contributed by atoms with Crippen molar-refractivity contribution in [2.75, 3.05) is 7.11 Å². The summed E-state index contributed by atoms with van der Waals surface area (Å²) in [6.45, 7) is 8.85. The van der Waals surface area contributed by atoms with Crippen molar-refractivity contribution in [2.24, 2.45) is 5.92 Å². The van der Waals surface area contributed by atoms with Gasteiger partial charge in [0.2, 0.25) is 5.91 Å². The molecule has 1 heterocycles. The van der Waals surface area contributed by atoms with Gasteiger partial charge in [0.1, 0.15) is 5.75 Å². The Kier molecular flexibility index (Phi) is 4.37. The molecule has 2 N–H and O–H groups in total. The van der Waals surface area contributed by atoms with Gasteiger partial charge in [-0.05, 0) is 70.6 Å².